The number of nitrogens with two attached hydrogens (primary N) is 1. The van der Waals surface area contributed by atoms with Crippen molar-refractivity contribution in [2.45, 2.75) is 31.8 Å². The first kappa shape index (κ1) is 12.6. The molecule has 1 aromatic heterocycles. The topological polar surface area (TPSA) is 54.2 Å². The van der Waals surface area contributed by atoms with E-state index < -0.39 is 0 Å². The summed E-state index contributed by atoms with van der Waals surface area (Å²) in [7, 11) is 2.18. The quantitative estimate of drug-likeness (QED) is 0.880. The molecule has 94 valence electrons. The van der Waals surface area contributed by atoms with Crippen LogP contribution < -0.4 is 11.1 Å². The van der Waals surface area contributed by atoms with Gasteiger partial charge in [0.05, 0.1) is 22.0 Å². The Morgan fingerprint density at radius 3 is 2.94 bits per heavy atom. The van der Waals surface area contributed by atoms with Crippen molar-refractivity contribution >= 4 is 27.3 Å². The summed E-state index contributed by atoms with van der Waals surface area (Å²) in [5, 5.41) is 3.53. The number of halogens is 1. The Labute approximate surface area is 111 Å². The molecule has 2 heterocycles. The SMILES string of the molecule is CC1CC(Nc2c(N)cncc2Br)CCN1C. The van der Waals surface area contributed by atoms with Crippen LogP contribution in [-0.4, -0.2) is 35.6 Å². The van der Waals surface area contributed by atoms with Crippen LogP contribution in [-0.2, 0) is 0 Å². The lowest BCUT2D eigenvalue weighted by Crippen LogP contribution is -2.42. The Hall–Kier alpha value is -0.810. The van der Waals surface area contributed by atoms with Gasteiger partial charge in [-0.05, 0) is 42.7 Å². The molecule has 17 heavy (non-hydrogen) atoms. The van der Waals surface area contributed by atoms with Crippen molar-refractivity contribution in [3.63, 3.8) is 0 Å². The largest absolute Gasteiger partial charge is 0.396 e. The van der Waals surface area contributed by atoms with Gasteiger partial charge in [-0.2, -0.15) is 0 Å². The van der Waals surface area contributed by atoms with Gasteiger partial charge < -0.3 is 16.0 Å². The normalized spacial score (nSPS) is 25.8. The Morgan fingerprint density at radius 1 is 1.53 bits per heavy atom. The van der Waals surface area contributed by atoms with E-state index in [1.165, 1.54) is 0 Å². The average molecular weight is 299 g/mol. The van der Waals surface area contributed by atoms with Gasteiger partial charge in [0.15, 0.2) is 0 Å². The molecule has 0 bridgehead atoms. The maximum Gasteiger partial charge on any atom is 0.0752 e. The van der Waals surface area contributed by atoms with E-state index >= 15 is 0 Å². The Morgan fingerprint density at radius 2 is 2.29 bits per heavy atom. The van der Waals surface area contributed by atoms with Gasteiger partial charge in [-0.15, -0.1) is 0 Å². The molecule has 1 aliphatic heterocycles. The van der Waals surface area contributed by atoms with Crippen LogP contribution >= 0.6 is 15.9 Å². The second kappa shape index (κ2) is 5.23. The molecule has 1 fully saturated rings. The number of piperidine rings is 1. The van der Waals surface area contributed by atoms with Crippen LogP contribution in [0.15, 0.2) is 16.9 Å². The summed E-state index contributed by atoms with van der Waals surface area (Å²) in [5.41, 5.74) is 7.61. The lowest BCUT2D eigenvalue weighted by molar-refractivity contribution is 0.190. The maximum absolute atomic E-state index is 5.94. The van der Waals surface area contributed by atoms with Gasteiger partial charge in [-0.3, -0.25) is 4.98 Å². The van der Waals surface area contributed by atoms with Crippen molar-refractivity contribution in [2.24, 2.45) is 0 Å². The third kappa shape index (κ3) is 2.90. The number of nitrogens with one attached hydrogen (secondary N) is 1. The molecule has 0 amide bonds. The zero-order valence-electron chi connectivity index (χ0n) is 10.3. The predicted molar refractivity (Wildman–Crippen MR) is 75.1 cm³/mol. The maximum atomic E-state index is 5.94. The first-order chi connectivity index (χ1) is 8.08. The monoisotopic (exact) mass is 298 g/mol. The van der Waals surface area contributed by atoms with Crippen LogP contribution in [0.3, 0.4) is 0 Å². The summed E-state index contributed by atoms with van der Waals surface area (Å²) in [6.07, 6.45) is 5.75. The number of hydrogen-bond acceptors (Lipinski definition) is 4. The minimum absolute atomic E-state index is 0.488. The second-order valence-electron chi connectivity index (χ2n) is 4.78. The Balaban J connectivity index is 2.06. The number of nitrogen functional groups attached to an aromatic ring is 1. The van der Waals surface area contributed by atoms with Crippen molar-refractivity contribution in [3.05, 3.63) is 16.9 Å². The van der Waals surface area contributed by atoms with Gasteiger partial charge in [0.25, 0.3) is 0 Å². The van der Waals surface area contributed by atoms with Crippen LogP contribution in [0, 0.1) is 0 Å². The summed E-state index contributed by atoms with van der Waals surface area (Å²) in [4.78, 5) is 6.44. The van der Waals surface area contributed by atoms with E-state index in [9.17, 15) is 0 Å². The summed E-state index contributed by atoms with van der Waals surface area (Å²) in [6, 6.07) is 1.10. The van der Waals surface area contributed by atoms with E-state index in [0.717, 1.165) is 29.5 Å². The van der Waals surface area contributed by atoms with Gasteiger partial charge in [0.2, 0.25) is 0 Å². The van der Waals surface area contributed by atoms with Crippen molar-refractivity contribution < 1.29 is 0 Å². The number of anilines is 2. The van der Waals surface area contributed by atoms with Crippen LogP contribution in [0.4, 0.5) is 11.4 Å². The number of rotatable bonds is 2. The highest BCUT2D eigenvalue weighted by Crippen LogP contribution is 2.29. The van der Waals surface area contributed by atoms with E-state index in [1.807, 2.05) is 0 Å². The smallest absolute Gasteiger partial charge is 0.0752 e. The predicted octanol–water partition coefficient (Wildman–Crippen LogP) is 2.32. The molecule has 0 radical (unpaired) electrons. The van der Waals surface area contributed by atoms with Crippen LogP contribution in [0.1, 0.15) is 19.8 Å². The van der Waals surface area contributed by atoms with Gasteiger partial charge in [-0.1, -0.05) is 0 Å². The van der Waals surface area contributed by atoms with E-state index in [4.69, 9.17) is 5.73 Å². The molecule has 0 aromatic carbocycles. The number of hydrogen-bond donors (Lipinski definition) is 2. The standard InChI is InChI=1S/C12H19BrN4/c1-8-5-9(3-4-17(8)2)16-12-10(13)6-15-7-11(12)14/h6-9H,3-5,14H2,1-2H3,(H,15,16). The highest BCUT2D eigenvalue weighted by Gasteiger charge is 2.23. The molecule has 0 saturated carbocycles. The summed E-state index contributed by atoms with van der Waals surface area (Å²) < 4.78 is 0.934. The van der Waals surface area contributed by atoms with E-state index in [2.05, 4.69) is 45.1 Å². The molecule has 0 aliphatic carbocycles. The molecule has 2 unspecified atom stereocenters. The van der Waals surface area contributed by atoms with Crippen molar-refractivity contribution in [3.8, 4) is 0 Å². The fourth-order valence-corrected chi connectivity index (χ4v) is 2.69. The third-order valence-electron chi connectivity index (χ3n) is 3.49. The van der Waals surface area contributed by atoms with Crippen LogP contribution in [0.25, 0.3) is 0 Å². The van der Waals surface area contributed by atoms with E-state index in [-0.39, 0.29) is 0 Å². The minimum atomic E-state index is 0.488. The molecule has 2 rings (SSSR count). The molecule has 1 aliphatic rings. The number of pyridine rings is 1. The number of likely N-dealkylation sites (tertiary alicyclic amines) is 1. The van der Waals surface area contributed by atoms with Crippen LogP contribution in [0.5, 0.6) is 0 Å². The molecule has 5 heteroatoms. The molecular formula is C12H19BrN4. The van der Waals surface area contributed by atoms with Crippen LogP contribution in [0.2, 0.25) is 0 Å². The van der Waals surface area contributed by atoms with Gasteiger partial charge in [0, 0.05) is 24.8 Å². The molecule has 3 N–H and O–H groups in total. The zero-order chi connectivity index (χ0) is 12.4. The van der Waals surface area contributed by atoms with Gasteiger partial charge in [0.1, 0.15) is 0 Å². The molecule has 1 saturated heterocycles. The average Bonchev–Trinajstić information content (AvgIpc) is 2.28. The molecule has 1 aromatic rings. The Kier molecular flexibility index (Phi) is 3.89. The lowest BCUT2D eigenvalue weighted by Gasteiger charge is -2.36. The van der Waals surface area contributed by atoms with E-state index in [1.54, 1.807) is 12.4 Å². The lowest BCUT2D eigenvalue weighted by atomic mass is 9.98. The highest BCUT2D eigenvalue weighted by molar-refractivity contribution is 9.10. The van der Waals surface area contributed by atoms with E-state index in [0.29, 0.717) is 17.8 Å². The molecule has 4 nitrogen and oxygen atoms in total. The fourth-order valence-electron chi connectivity index (χ4n) is 2.23. The molecule has 0 spiro atoms. The number of nitrogens with zero attached hydrogens (tertiary/aromatic N) is 2. The fraction of sp³-hybridized carbons (Fsp3) is 0.583. The first-order valence-corrected chi connectivity index (χ1v) is 6.73. The van der Waals surface area contributed by atoms with Crippen molar-refractivity contribution in [1.82, 2.24) is 9.88 Å². The second-order valence-corrected chi connectivity index (χ2v) is 5.64. The number of aromatic nitrogens is 1. The highest BCUT2D eigenvalue weighted by atomic mass is 79.9. The summed E-state index contributed by atoms with van der Waals surface area (Å²) in [6.45, 7) is 3.39. The summed E-state index contributed by atoms with van der Waals surface area (Å²) in [5.74, 6) is 0. The van der Waals surface area contributed by atoms with Crippen molar-refractivity contribution in [1.29, 1.82) is 0 Å². The molecular weight excluding hydrogens is 280 g/mol. The first-order valence-electron chi connectivity index (χ1n) is 5.93. The Bertz CT molecular complexity index is 376. The summed E-state index contributed by atoms with van der Waals surface area (Å²) >= 11 is 3.49. The van der Waals surface area contributed by atoms with Gasteiger partial charge >= 0.3 is 0 Å². The van der Waals surface area contributed by atoms with Crippen molar-refractivity contribution in [2.75, 3.05) is 24.6 Å². The molecule has 2 atom stereocenters. The third-order valence-corrected chi connectivity index (χ3v) is 4.09. The zero-order valence-corrected chi connectivity index (χ0v) is 11.9. The van der Waals surface area contributed by atoms with Gasteiger partial charge in [-0.25, -0.2) is 0 Å². The minimum Gasteiger partial charge on any atom is -0.396 e.